The molecule has 0 aliphatic carbocycles. The zero-order valence-corrected chi connectivity index (χ0v) is 15.4. The van der Waals surface area contributed by atoms with Gasteiger partial charge in [-0.25, -0.2) is 9.78 Å². The average molecular weight is 406 g/mol. The molecule has 126 valence electrons. The molecule has 1 aromatic heterocycles. The van der Waals surface area contributed by atoms with Crippen LogP contribution >= 0.6 is 46.6 Å². The first-order chi connectivity index (χ1) is 11.4. The largest absolute Gasteiger partial charge is 0.452 e. The quantitative estimate of drug-likeness (QED) is 0.583. The Hall–Kier alpha value is -1.47. The van der Waals surface area contributed by atoms with Crippen LogP contribution in [0.2, 0.25) is 15.1 Å². The zero-order chi connectivity index (χ0) is 17.7. The van der Waals surface area contributed by atoms with Crippen molar-refractivity contribution in [1.29, 1.82) is 0 Å². The van der Waals surface area contributed by atoms with Crippen molar-refractivity contribution in [3.8, 4) is 0 Å². The Balaban J connectivity index is 1.97. The molecule has 1 N–H and O–H groups in total. The molecule has 0 unspecified atom stereocenters. The van der Waals surface area contributed by atoms with Crippen LogP contribution in [-0.4, -0.2) is 29.7 Å². The van der Waals surface area contributed by atoms with Gasteiger partial charge in [-0.3, -0.25) is 4.79 Å². The second-order valence-electron chi connectivity index (χ2n) is 4.45. The maximum atomic E-state index is 12.0. The van der Waals surface area contributed by atoms with E-state index in [1.165, 1.54) is 24.0 Å². The van der Waals surface area contributed by atoms with Crippen molar-refractivity contribution in [2.24, 2.45) is 0 Å². The minimum Gasteiger partial charge on any atom is -0.452 e. The highest BCUT2D eigenvalue weighted by Gasteiger charge is 2.15. The van der Waals surface area contributed by atoms with Gasteiger partial charge in [-0.15, -0.1) is 11.8 Å². The summed E-state index contributed by atoms with van der Waals surface area (Å²) >= 11 is 19.1. The van der Waals surface area contributed by atoms with E-state index in [1.807, 2.05) is 6.26 Å². The van der Waals surface area contributed by atoms with Crippen molar-refractivity contribution in [1.82, 2.24) is 4.98 Å². The Morgan fingerprint density at radius 3 is 2.62 bits per heavy atom. The molecule has 2 aromatic rings. The number of amides is 1. The molecule has 1 aromatic carbocycles. The minimum absolute atomic E-state index is 0.129. The van der Waals surface area contributed by atoms with Crippen LogP contribution in [0.25, 0.3) is 0 Å². The number of rotatable bonds is 5. The lowest BCUT2D eigenvalue weighted by Crippen LogP contribution is -2.21. The molecule has 0 bridgehead atoms. The van der Waals surface area contributed by atoms with Gasteiger partial charge in [0, 0.05) is 11.1 Å². The summed E-state index contributed by atoms with van der Waals surface area (Å²) in [5, 5.41) is 3.20. The fourth-order valence-electron chi connectivity index (χ4n) is 1.67. The van der Waals surface area contributed by atoms with Crippen molar-refractivity contribution in [3.63, 3.8) is 0 Å². The number of carbonyl (C=O) groups excluding carboxylic acids is 2. The first-order valence-corrected chi connectivity index (χ1v) is 8.88. The highest BCUT2D eigenvalue weighted by atomic mass is 35.5. The lowest BCUT2D eigenvalue weighted by molar-refractivity contribution is -0.119. The van der Waals surface area contributed by atoms with Crippen molar-refractivity contribution in [3.05, 3.63) is 51.1 Å². The lowest BCUT2D eigenvalue weighted by Gasteiger charge is -2.09. The maximum Gasteiger partial charge on any atom is 0.340 e. The molecule has 0 saturated heterocycles. The number of benzene rings is 1. The molecule has 2 rings (SSSR count). The number of aromatic nitrogens is 1. The van der Waals surface area contributed by atoms with Gasteiger partial charge < -0.3 is 10.1 Å². The highest BCUT2D eigenvalue weighted by molar-refractivity contribution is 7.98. The fraction of sp³-hybridized carbons (Fsp3) is 0.133. The van der Waals surface area contributed by atoms with Crippen molar-refractivity contribution >= 4 is 64.3 Å². The van der Waals surface area contributed by atoms with E-state index in [4.69, 9.17) is 39.5 Å². The van der Waals surface area contributed by atoms with Crippen LogP contribution in [0, 0.1) is 0 Å². The van der Waals surface area contributed by atoms with Crippen LogP contribution in [0.1, 0.15) is 10.4 Å². The van der Waals surface area contributed by atoms with E-state index in [2.05, 4.69) is 10.3 Å². The summed E-state index contributed by atoms with van der Waals surface area (Å²) < 4.78 is 4.96. The van der Waals surface area contributed by atoms with Gasteiger partial charge in [0.2, 0.25) is 0 Å². The van der Waals surface area contributed by atoms with Crippen LogP contribution in [0.5, 0.6) is 0 Å². The number of carbonyl (C=O) groups is 2. The third-order valence-corrected chi connectivity index (χ3v) is 4.34. The summed E-state index contributed by atoms with van der Waals surface area (Å²) in [6, 6.07) is 6.42. The third-order valence-electron chi connectivity index (χ3n) is 2.79. The van der Waals surface area contributed by atoms with E-state index in [-0.39, 0.29) is 21.4 Å². The Labute approximate surface area is 157 Å². The van der Waals surface area contributed by atoms with Gasteiger partial charge in [-0.2, -0.15) is 0 Å². The molecule has 0 aliphatic rings. The second kappa shape index (κ2) is 8.58. The van der Waals surface area contributed by atoms with Gasteiger partial charge in [0.15, 0.2) is 12.4 Å². The summed E-state index contributed by atoms with van der Waals surface area (Å²) in [7, 11) is 0. The number of thioether (sulfide) groups is 1. The smallest absolute Gasteiger partial charge is 0.340 e. The molecule has 0 saturated carbocycles. The Kier molecular flexibility index (Phi) is 6.74. The van der Waals surface area contributed by atoms with Gasteiger partial charge in [-0.1, -0.05) is 34.8 Å². The van der Waals surface area contributed by atoms with Crippen molar-refractivity contribution < 1.29 is 14.3 Å². The third kappa shape index (κ3) is 5.01. The van der Waals surface area contributed by atoms with E-state index >= 15 is 0 Å². The van der Waals surface area contributed by atoms with E-state index < -0.39 is 18.5 Å². The van der Waals surface area contributed by atoms with Gasteiger partial charge in [-0.05, 0) is 30.5 Å². The first kappa shape index (κ1) is 18.9. The van der Waals surface area contributed by atoms with Crippen molar-refractivity contribution in [2.75, 3.05) is 18.2 Å². The minimum atomic E-state index is -0.693. The highest BCUT2D eigenvalue weighted by Crippen LogP contribution is 2.24. The predicted octanol–water partition coefficient (Wildman–Crippen LogP) is 4.56. The second-order valence-corrected chi connectivity index (χ2v) is 6.58. The van der Waals surface area contributed by atoms with Gasteiger partial charge in [0.25, 0.3) is 5.91 Å². The van der Waals surface area contributed by atoms with E-state index in [0.29, 0.717) is 5.02 Å². The topological polar surface area (TPSA) is 68.3 Å². The number of hydrogen-bond donors (Lipinski definition) is 1. The molecule has 1 amide bonds. The first-order valence-electron chi connectivity index (χ1n) is 6.52. The summed E-state index contributed by atoms with van der Waals surface area (Å²) in [4.78, 5) is 28.6. The maximum absolute atomic E-state index is 12.0. The fourth-order valence-corrected chi connectivity index (χ4v) is 2.73. The normalized spacial score (nSPS) is 10.3. The van der Waals surface area contributed by atoms with Crippen LogP contribution in [0.15, 0.2) is 35.4 Å². The summed E-state index contributed by atoms with van der Waals surface area (Å²) in [5.74, 6) is -1.15. The molecule has 24 heavy (non-hydrogen) atoms. The van der Waals surface area contributed by atoms with E-state index in [1.54, 1.807) is 18.2 Å². The number of esters is 1. The van der Waals surface area contributed by atoms with E-state index in [9.17, 15) is 9.59 Å². The summed E-state index contributed by atoms with van der Waals surface area (Å²) in [5.41, 5.74) is 0.193. The Morgan fingerprint density at radius 2 is 1.96 bits per heavy atom. The SMILES string of the molecule is CSc1ccc(Cl)c(C(=O)OCC(=O)Nc2ncc(Cl)cc2Cl)c1. The van der Waals surface area contributed by atoms with Crippen LogP contribution in [0.4, 0.5) is 5.82 Å². The molecule has 1 heterocycles. The molecule has 5 nitrogen and oxygen atoms in total. The lowest BCUT2D eigenvalue weighted by atomic mass is 10.2. The number of nitrogens with zero attached hydrogens (tertiary/aromatic N) is 1. The number of ether oxygens (including phenoxy) is 1. The number of pyridine rings is 1. The monoisotopic (exact) mass is 404 g/mol. The van der Waals surface area contributed by atoms with Gasteiger partial charge >= 0.3 is 5.97 Å². The molecule has 0 aliphatic heterocycles. The average Bonchev–Trinajstić information content (AvgIpc) is 2.55. The summed E-state index contributed by atoms with van der Waals surface area (Å²) in [6.45, 7) is -0.501. The molecular weight excluding hydrogens is 395 g/mol. The number of nitrogens with one attached hydrogen (secondary N) is 1. The molecule has 0 spiro atoms. The molecular formula is C15H11Cl3N2O3S. The van der Waals surface area contributed by atoms with Crippen LogP contribution in [-0.2, 0) is 9.53 Å². The Bertz CT molecular complexity index is 787. The molecule has 0 radical (unpaired) electrons. The molecule has 9 heteroatoms. The Morgan fingerprint density at radius 1 is 1.21 bits per heavy atom. The number of halogens is 3. The molecule has 0 atom stereocenters. The number of hydrogen-bond acceptors (Lipinski definition) is 5. The zero-order valence-electron chi connectivity index (χ0n) is 12.3. The van der Waals surface area contributed by atoms with E-state index in [0.717, 1.165) is 4.90 Å². The van der Waals surface area contributed by atoms with Crippen molar-refractivity contribution in [2.45, 2.75) is 4.90 Å². The summed E-state index contributed by atoms with van der Waals surface area (Å²) in [6.07, 6.45) is 3.21. The molecule has 0 fully saturated rings. The van der Waals surface area contributed by atoms with Crippen LogP contribution < -0.4 is 5.32 Å². The van der Waals surface area contributed by atoms with Crippen LogP contribution in [0.3, 0.4) is 0 Å². The number of anilines is 1. The predicted molar refractivity (Wildman–Crippen MR) is 96.4 cm³/mol. The van der Waals surface area contributed by atoms with Gasteiger partial charge in [0.05, 0.1) is 20.6 Å². The standard InChI is InChI=1S/C15H11Cl3N2O3S/c1-24-9-2-3-11(17)10(5-9)15(22)23-7-13(21)20-14-12(18)4-8(16)6-19-14/h2-6H,7H2,1H3,(H,19,20,21). The van der Waals surface area contributed by atoms with Gasteiger partial charge in [0.1, 0.15) is 0 Å².